The van der Waals surface area contributed by atoms with E-state index in [-0.39, 0.29) is 23.9 Å². The van der Waals surface area contributed by atoms with Crippen LogP contribution >= 0.6 is 0 Å². The SMILES string of the molecule is CC(=O)N(CC(=O)N1CCN(Cc2ccccc2)CC1)C(C)(C)C. The summed E-state index contributed by atoms with van der Waals surface area (Å²) in [5.74, 6) is -0.0157. The molecule has 1 aliphatic heterocycles. The van der Waals surface area contributed by atoms with E-state index in [1.807, 2.05) is 31.7 Å². The zero-order valence-electron chi connectivity index (χ0n) is 15.3. The highest BCUT2D eigenvalue weighted by Gasteiger charge is 2.29. The van der Waals surface area contributed by atoms with Gasteiger partial charge in [0.2, 0.25) is 11.8 Å². The number of carbonyl (C=O) groups is 2. The van der Waals surface area contributed by atoms with E-state index < -0.39 is 0 Å². The number of hydrogen-bond donors (Lipinski definition) is 0. The van der Waals surface area contributed by atoms with Crippen molar-refractivity contribution in [1.82, 2.24) is 14.7 Å². The number of rotatable bonds is 4. The first kappa shape index (κ1) is 18.5. The van der Waals surface area contributed by atoms with Crippen molar-refractivity contribution < 1.29 is 9.59 Å². The Hall–Kier alpha value is -1.88. The molecule has 0 radical (unpaired) electrons. The van der Waals surface area contributed by atoms with Gasteiger partial charge in [0.25, 0.3) is 0 Å². The standard InChI is InChI=1S/C19H29N3O2/c1-16(23)22(19(2,3)4)15-18(24)21-12-10-20(11-13-21)14-17-8-6-5-7-9-17/h5-9H,10-15H2,1-4H3. The first-order valence-corrected chi connectivity index (χ1v) is 8.59. The molecule has 0 saturated carbocycles. The zero-order valence-corrected chi connectivity index (χ0v) is 15.3. The van der Waals surface area contributed by atoms with Gasteiger partial charge in [-0.2, -0.15) is 0 Å². The molecule has 1 aromatic rings. The second-order valence-corrected chi connectivity index (χ2v) is 7.42. The van der Waals surface area contributed by atoms with Crippen molar-refractivity contribution in [3.63, 3.8) is 0 Å². The van der Waals surface area contributed by atoms with E-state index in [0.717, 1.165) is 32.7 Å². The lowest BCUT2D eigenvalue weighted by Gasteiger charge is -2.38. The molecule has 0 unspecified atom stereocenters. The molecule has 1 aliphatic rings. The van der Waals surface area contributed by atoms with Crippen LogP contribution in [0.3, 0.4) is 0 Å². The Bertz CT molecular complexity index is 558. The van der Waals surface area contributed by atoms with E-state index in [1.54, 1.807) is 4.90 Å². The summed E-state index contributed by atoms with van der Waals surface area (Å²) < 4.78 is 0. The van der Waals surface area contributed by atoms with Crippen LogP contribution in [-0.2, 0) is 16.1 Å². The van der Waals surface area contributed by atoms with Crippen LogP contribution in [0, 0.1) is 0 Å². The lowest BCUT2D eigenvalue weighted by molar-refractivity contribution is -0.144. The number of hydrogen-bond acceptors (Lipinski definition) is 3. The fourth-order valence-electron chi connectivity index (χ4n) is 3.05. The summed E-state index contributed by atoms with van der Waals surface area (Å²) in [6.07, 6.45) is 0. The van der Waals surface area contributed by atoms with Crippen LogP contribution in [0.25, 0.3) is 0 Å². The van der Waals surface area contributed by atoms with Crippen molar-refractivity contribution in [1.29, 1.82) is 0 Å². The van der Waals surface area contributed by atoms with Crippen LogP contribution in [0.5, 0.6) is 0 Å². The third kappa shape index (κ3) is 5.06. The van der Waals surface area contributed by atoms with Gasteiger partial charge in [-0.25, -0.2) is 0 Å². The highest BCUT2D eigenvalue weighted by Crippen LogP contribution is 2.15. The first-order valence-electron chi connectivity index (χ1n) is 8.59. The van der Waals surface area contributed by atoms with Crippen LogP contribution in [0.4, 0.5) is 0 Å². The van der Waals surface area contributed by atoms with Gasteiger partial charge in [-0.15, -0.1) is 0 Å². The summed E-state index contributed by atoms with van der Waals surface area (Å²) in [5, 5.41) is 0. The van der Waals surface area contributed by atoms with Gasteiger partial charge in [-0.05, 0) is 26.3 Å². The molecule has 0 aliphatic carbocycles. The van der Waals surface area contributed by atoms with E-state index in [1.165, 1.54) is 12.5 Å². The van der Waals surface area contributed by atoms with Crippen molar-refractivity contribution >= 4 is 11.8 Å². The third-order valence-electron chi connectivity index (χ3n) is 4.46. The van der Waals surface area contributed by atoms with Crippen LogP contribution in [0.15, 0.2) is 30.3 Å². The Balaban J connectivity index is 1.85. The van der Waals surface area contributed by atoms with Crippen molar-refractivity contribution in [2.24, 2.45) is 0 Å². The summed E-state index contributed by atoms with van der Waals surface area (Å²) in [7, 11) is 0. The minimum atomic E-state index is -0.337. The number of benzene rings is 1. The van der Waals surface area contributed by atoms with Gasteiger partial charge < -0.3 is 9.80 Å². The summed E-state index contributed by atoms with van der Waals surface area (Å²) in [6.45, 7) is 11.7. The van der Waals surface area contributed by atoms with Gasteiger partial charge in [0.05, 0.1) is 0 Å². The molecular weight excluding hydrogens is 302 g/mol. The minimum Gasteiger partial charge on any atom is -0.339 e. The maximum absolute atomic E-state index is 12.5. The van der Waals surface area contributed by atoms with Crippen molar-refractivity contribution in [3.8, 4) is 0 Å². The van der Waals surface area contributed by atoms with E-state index >= 15 is 0 Å². The second-order valence-electron chi connectivity index (χ2n) is 7.42. The van der Waals surface area contributed by atoms with Crippen molar-refractivity contribution in [2.75, 3.05) is 32.7 Å². The van der Waals surface area contributed by atoms with Crippen molar-refractivity contribution in [3.05, 3.63) is 35.9 Å². The minimum absolute atomic E-state index is 0.0412. The van der Waals surface area contributed by atoms with Crippen LogP contribution in [0.1, 0.15) is 33.3 Å². The van der Waals surface area contributed by atoms with Crippen LogP contribution in [0.2, 0.25) is 0 Å². The number of carbonyl (C=O) groups excluding carboxylic acids is 2. The predicted octanol–water partition coefficient (Wildman–Crippen LogP) is 1.98. The summed E-state index contributed by atoms with van der Waals surface area (Å²) in [4.78, 5) is 30.2. The smallest absolute Gasteiger partial charge is 0.242 e. The highest BCUT2D eigenvalue weighted by atomic mass is 16.2. The molecule has 132 valence electrons. The Morgan fingerprint density at radius 2 is 1.62 bits per heavy atom. The molecule has 1 heterocycles. The largest absolute Gasteiger partial charge is 0.339 e. The molecular formula is C19H29N3O2. The average molecular weight is 331 g/mol. The molecule has 2 rings (SSSR count). The van der Waals surface area contributed by atoms with Gasteiger partial charge in [0.15, 0.2) is 0 Å². The van der Waals surface area contributed by atoms with E-state index in [0.29, 0.717) is 0 Å². The molecule has 0 atom stereocenters. The van der Waals surface area contributed by atoms with Crippen LogP contribution < -0.4 is 0 Å². The molecule has 0 aromatic heterocycles. The second kappa shape index (κ2) is 7.79. The monoisotopic (exact) mass is 331 g/mol. The van der Waals surface area contributed by atoms with E-state index in [4.69, 9.17) is 0 Å². The number of amides is 2. The molecule has 0 bridgehead atoms. The highest BCUT2D eigenvalue weighted by molar-refractivity contribution is 5.84. The third-order valence-corrected chi connectivity index (χ3v) is 4.46. The van der Waals surface area contributed by atoms with Gasteiger partial charge in [-0.1, -0.05) is 30.3 Å². The topological polar surface area (TPSA) is 43.9 Å². The molecule has 2 amide bonds. The molecule has 24 heavy (non-hydrogen) atoms. The maximum Gasteiger partial charge on any atom is 0.242 e. The summed E-state index contributed by atoms with van der Waals surface area (Å²) >= 11 is 0. The Kier molecular flexibility index (Phi) is 5.99. The molecule has 1 fully saturated rings. The molecule has 5 heteroatoms. The molecule has 0 spiro atoms. The van der Waals surface area contributed by atoms with Gasteiger partial charge in [0.1, 0.15) is 6.54 Å². The fourth-order valence-corrected chi connectivity index (χ4v) is 3.05. The Morgan fingerprint density at radius 3 is 2.12 bits per heavy atom. The number of nitrogens with zero attached hydrogens (tertiary/aromatic N) is 3. The van der Waals surface area contributed by atoms with E-state index in [2.05, 4.69) is 29.2 Å². The van der Waals surface area contributed by atoms with Gasteiger partial charge >= 0.3 is 0 Å². The predicted molar refractivity (Wildman–Crippen MR) is 95.4 cm³/mol. The quantitative estimate of drug-likeness (QED) is 0.847. The molecule has 1 saturated heterocycles. The molecule has 0 N–H and O–H groups in total. The molecule has 5 nitrogen and oxygen atoms in total. The van der Waals surface area contributed by atoms with Gasteiger partial charge in [-0.3, -0.25) is 14.5 Å². The molecule has 1 aromatic carbocycles. The fraction of sp³-hybridized carbons (Fsp3) is 0.579. The lowest BCUT2D eigenvalue weighted by atomic mass is 10.1. The van der Waals surface area contributed by atoms with E-state index in [9.17, 15) is 9.59 Å². The normalized spacial score (nSPS) is 16.1. The lowest BCUT2D eigenvalue weighted by Crippen LogP contribution is -2.54. The van der Waals surface area contributed by atoms with Crippen LogP contribution in [-0.4, -0.2) is 64.8 Å². The zero-order chi connectivity index (χ0) is 17.7. The first-order chi connectivity index (χ1) is 11.3. The Morgan fingerprint density at radius 1 is 1.04 bits per heavy atom. The number of piperazine rings is 1. The maximum atomic E-state index is 12.5. The van der Waals surface area contributed by atoms with Crippen molar-refractivity contribution in [2.45, 2.75) is 39.8 Å². The average Bonchev–Trinajstić information content (AvgIpc) is 2.52. The van der Waals surface area contributed by atoms with Gasteiger partial charge in [0, 0.05) is 45.2 Å². The summed E-state index contributed by atoms with van der Waals surface area (Å²) in [6, 6.07) is 10.4. The Labute approximate surface area is 145 Å². The summed E-state index contributed by atoms with van der Waals surface area (Å²) in [5.41, 5.74) is 0.962.